The lowest BCUT2D eigenvalue weighted by Gasteiger charge is -2.36. The number of nitrogen functional groups attached to an aromatic ring is 1. The summed E-state index contributed by atoms with van der Waals surface area (Å²) < 4.78 is 7.78. The van der Waals surface area contributed by atoms with E-state index >= 15 is 0 Å². The fourth-order valence-corrected chi connectivity index (χ4v) is 5.00. The monoisotopic (exact) mass is 554 g/mol. The molecule has 0 aliphatic carbocycles. The molecule has 1 aromatic carbocycles. The van der Waals surface area contributed by atoms with E-state index in [9.17, 15) is 15.0 Å². The van der Waals surface area contributed by atoms with Crippen molar-refractivity contribution in [3.63, 3.8) is 0 Å². The van der Waals surface area contributed by atoms with Gasteiger partial charge in [-0.05, 0) is 50.3 Å². The average Bonchev–Trinajstić information content (AvgIpc) is 3.41. The second kappa shape index (κ2) is 11.7. The van der Waals surface area contributed by atoms with Crippen LogP contribution in [-0.4, -0.2) is 84.2 Å². The van der Waals surface area contributed by atoms with E-state index in [0.29, 0.717) is 37.4 Å². The number of fused-ring (bicyclic) bond motifs is 1. The van der Waals surface area contributed by atoms with Gasteiger partial charge < -0.3 is 31.3 Å². The minimum absolute atomic E-state index is 0.0518. The van der Waals surface area contributed by atoms with Crippen LogP contribution in [0.5, 0.6) is 0 Å². The molecule has 2 aromatic heterocycles. The fraction of sp³-hybridized carbons (Fsp3) is 0.571. The van der Waals surface area contributed by atoms with Crippen molar-refractivity contribution in [3.05, 3.63) is 48.0 Å². The van der Waals surface area contributed by atoms with Crippen LogP contribution < -0.4 is 16.4 Å². The number of anilines is 2. The first kappa shape index (κ1) is 29.7. The molecule has 0 spiro atoms. The highest BCUT2D eigenvalue weighted by molar-refractivity contribution is 5.89. The molecular formula is C28H42N8O4. The summed E-state index contributed by atoms with van der Waals surface area (Å²) in [7, 11) is 0. The van der Waals surface area contributed by atoms with Crippen LogP contribution in [-0.2, 0) is 10.2 Å². The number of aromatic nitrogens is 4. The van der Waals surface area contributed by atoms with Gasteiger partial charge in [-0.3, -0.25) is 4.90 Å². The number of nitrogens with zero attached hydrogens (tertiary/aromatic N) is 5. The molecular weight excluding hydrogens is 512 g/mol. The Kier molecular flexibility index (Phi) is 8.64. The lowest BCUT2D eigenvalue weighted by molar-refractivity contribution is -0.0927. The van der Waals surface area contributed by atoms with Gasteiger partial charge in [-0.1, -0.05) is 32.9 Å². The summed E-state index contributed by atoms with van der Waals surface area (Å²) in [6, 6.07) is 7.74. The molecule has 40 heavy (non-hydrogen) atoms. The predicted molar refractivity (Wildman–Crippen MR) is 153 cm³/mol. The van der Waals surface area contributed by atoms with Gasteiger partial charge in [0, 0.05) is 31.4 Å². The summed E-state index contributed by atoms with van der Waals surface area (Å²) >= 11 is 0. The number of carbonyl (C=O) groups excluding carboxylic acids is 1. The van der Waals surface area contributed by atoms with E-state index in [1.54, 1.807) is 6.92 Å². The first-order valence-electron chi connectivity index (χ1n) is 13.7. The number of rotatable bonds is 9. The summed E-state index contributed by atoms with van der Waals surface area (Å²) in [5.41, 5.74) is 7.68. The minimum atomic E-state index is -1.18. The largest absolute Gasteiger partial charge is 0.387 e. The van der Waals surface area contributed by atoms with Crippen molar-refractivity contribution in [1.29, 1.82) is 0 Å². The smallest absolute Gasteiger partial charge is 0.319 e. The van der Waals surface area contributed by atoms with Gasteiger partial charge >= 0.3 is 6.03 Å². The van der Waals surface area contributed by atoms with Crippen LogP contribution in [0.4, 0.5) is 16.3 Å². The molecule has 2 amide bonds. The lowest BCUT2D eigenvalue weighted by Crippen LogP contribution is -2.51. The highest BCUT2D eigenvalue weighted by Gasteiger charge is 2.53. The lowest BCUT2D eigenvalue weighted by atomic mass is 9.87. The van der Waals surface area contributed by atoms with E-state index in [-0.39, 0.29) is 23.3 Å². The molecule has 1 saturated heterocycles. The Bertz CT molecular complexity index is 1310. The second-order valence-electron chi connectivity index (χ2n) is 12.0. The number of urea groups is 1. The quantitative estimate of drug-likeness (QED) is 0.250. The molecule has 4 unspecified atom stereocenters. The fourth-order valence-electron chi connectivity index (χ4n) is 5.00. The van der Waals surface area contributed by atoms with E-state index in [4.69, 9.17) is 10.5 Å². The second-order valence-corrected chi connectivity index (χ2v) is 12.0. The van der Waals surface area contributed by atoms with Gasteiger partial charge in [-0.25, -0.2) is 19.3 Å². The Labute approximate surface area is 234 Å². The van der Waals surface area contributed by atoms with Gasteiger partial charge in [0.05, 0.1) is 11.9 Å². The SMILES string of the molecule is CC(C)N(CCCNC(=O)Nc1ccc(C(C)(C)C)cc1)CC1(C)OC(c2cnc3c(N)ncnn23)C(O)C1O. The molecule has 0 bridgehead atoms. The zero-order valence-electron chi connectivity index (χ0n) is 24.1. The van der Waals surface area contributed by atoms with Crippen molar-refractivity contribution in [1.82, 2.24) is 29.8 Å². The van der Waals surface area contributed by atoms with Gasteiger partial charge in [0.25, 0.3) is 0 Å². The number of nitrogens with one attached hydrogen (secondary N) is 2. The number of ether oxygens (including phenoxy) is 1. The van der Waals surface area contributed by atoms with Crippen LogP contribution in [0.1, 0.15) is 65.3 Å². The summed E-state index contributed by atoms with van der Waals surface area (Å²) in [5, 5.41) is 31.9. The minimum Gasteiger partial charge on any atom is -0.387 e. The summed E-state index contributed by atoms with van der Waals surface area (Å²) in [5.74, 6) is 0.212. The third-order valence-corrected chi connectivity index (χ3v) is 7.47. The Morgan fingerprint density at radius 3 is 2.58 bits per heavy atom. The van der Waals surface area contributed by atoms with Crippen LogP contribution in [0.15, 0.2) is 36.8 Å². The molecule has 1 aliphatic heterocycles. The van der Waals surface area contributed by atoms with Crippen LogP contribution in [0.25, 0.3) is 5.65 Å². The average molecular weight is 555 g/mol. The van der Waals surface area contributed by atoms with Crippen LogP contribution >= 0.6 is 0 Å². The number of hydrogen-bond donors (Lipinski definition) is 5. The third kappa shape index (κ3) is 6.35. The number of hydrogen-bond acceptors (Lipinski definition) is 9. The van der Waals surface area contributed by atoms with E-state index in [1.807, 2.05) is 24.3 Å². The summed E-state index contributed by atoms with van der Waals surface area (Å²) in [4.78, 5) is 22.8. The molecule has 3 aromatic rings. The zero-order chi connectivity index (χ0) is 29.2. The van der Waals surface area contributed by atoms with E-state index < -0.39 is 23.9 Å². The number of aliphatic hydroxyl groups is 2. The van der Waals surface area contributed by atoms with Crippen molar-refractivity contribution in [2.75, 3.05) is 30.7 Å². The third-order valence-electron chi connectivity index (χ3n) is 7.47. The Morgan fingerprint density at radius 1 is 1.23 bits per heavy atom. The predicted octanol–water partition coefficient (Wildman–Crippen LogP) is 2.48. The number of benzene rings is 1. The molecule has 3 heterocycles. The van der Waals surface area contributed by atoms with Crippen molar-refractivity contribution >= 4 is 23.2 Å². The number of imidazole rings is 1. The van der Waals surface area contributed by atoms with Crippen LogP contribution in [0.2, 0.25) is 0 Å². The Hall–Kier alpha value is -3.32. The normalized spacial score (nSPS) is 23.3. The molecule has 12 nitrogen and oxygen atoms in total. The molecule has 4 rings (SSSR count). The van der Waals surface area contributed by atoms with Crippen molar-refractivity contribution < 1.29 is 19.7 Å². The number of amides is 2. The van der Waals surface area contributed by atoms with E-state index in [0.717, 1.165) is 5.69 Å². The standard InChI is InChI=1S/C28H42N8O4/c1-17(2)35(13-7-12-30-26(39)34-19-10-8-18(9-11-19)27(3,4)5)15-28(6)23(38)21(37)22(40-28)20-14-31-25-24(29)32-16-33-36(20)25/h8-11,14,16-17,21-23,37-38H,7,12-13,15H2,1-6H3,(H2,29,32,33)(H2,30,34,39). The number of aliphatic hydroxyl groups excluding tert-OH is 2. The summed E-state index contributed by atoms with van der Waals surface area (Å²) in [6.07, 6.45) is 0.358. The zero-order valence-corrected chi connectivity index (χ0v) is 24.1. The van der Waals surface area contributed by atoms with Gasteiger partial charge in [-0.2, -0.15) is 5.10 Å². The van der Waals surface area contributed by atoms with Gasteiger partial charge in [0.15, 0.2) is 11.5 Å². The molecule has 0 radical (unpaired) electrons. The highest BCUT2D eigenvalue weighted by atomic mass is 16.6. The maximum absolute atomic E-state index is 12.4. The maximum atomic E-state index is 12.4. The van der Waals surface area contributed by atoms with Gasteiger partial charge in [0.2, 0.25) is 0 Å². The number of carbonyl (C=O) groups is 1. The van der Waals surface area contributed by atoms with Crippen molar-refractivity contribution in [2.45, 2.75) is 83.3 Å². The molecule has 218 valence electrons. The highest BCUT2D eigenvalue weighted by Crippen LogP contribution is 2.41. The van der Waals surface area contributed by atoms with E-state index in [2.05, 4.69) is 65.2 Å². The molecule has 12 heteroatoms. The first-order valence-corrected chi connectivity index (χ1v) is 13.7. The first-order chi connectivity index (χ1) is 18.8. The molecule has 4 atom stereocenters. The molecule has 0 saturated carbocycles. The number of nitrogens with two attached hydrogens (primary N) is 1. The van der Waals surface area contributed by atoms with Crippen molar-refractivity contribution in [3.8, 4) is 0 Å². The molecule has 1 aliphatic rings. The van der Waals surface area contributed by atoms with Crippen LogP contribution in [0, 0.1) is 0 Å². The molecule has 1 fully saturated rings. The summed E-state index contributed by atoms with van der Waals surface area (Å²) in [6.45, 7) is 13.9. The topological polar surface area (TPSA) is 163 Å². The molecule has 6 N–H and O–H groups in total. The Morgan fingerprint density at radius 2 is 1.93 bits per heavy atom. The van der Waals surface area contributed by atoms with E-state index in [1.165, 1.54) is 22.6 Å². The maximum Gasteiger partial charge on any atom is 0.319 e. The van der Waals surface area contributed by atoms with Gasteiger partial charge in [-0.15, -0.1) is 0 Å². The van der Waals surface area contributed by atoms with Gasteiger partial charge in [0.1, 0.15) is 30.2 Å². The van der Waals surface area contributed by atoms with Crippen molar-refractivity contribution in [2.24, 2.45) is 0 Å². The Balaban J connectivity index is 1.31. The van der Waals surface area contributed by atoms with Crippen LogP contribution in [0.3, 0.4) is 0 Å².